The summed E-state index contributed by atoms with van der Waals surface area (Å²) in [6.45, 7) is 10.3. The molecule has 1 aliphatic rings. The summed E-state index contributed by atoms with van der Waals surface area (Å²) in [5.74, 6) is -0.373. The van der Waals surface area contributed by atoms with Crippen LogP contribution in [0.4, 0.5) is 21.0 Å². The summed E-state index contributed by atoms with van der Waals surface area (Å²) in [6, 6.07) is 15.6. The number of amides is 3. The average molecular weight is 454 g/mol. The molecule has 8 heteroatoms. The minimum absolute atomic E-state index is 0.202. The molecule has 0 saturated heterocycles. The van der Waals surface area contributed by atoms with E-state index in [1.165, 1.54) is 0 Å². The van der Waals surface area contributed by atoms with Crippen LogP contribution in [0.1, 0.15) is 47.1 Å². The fourth-order valence-corrected chi connectivity index (χ4v) is 3.47. The summed E-state index contributed by atoms with van der Waals surface area (Å²) in [6.07, 6.45) is -1.50. The molecule has 3 amide bonds. The van der Waals surface area contributed by atoms with Gasteiger partial charge in [-0.1, -0.05) is 36.4 Å². The number of fused-ring (bicyclic) bond motifs is 1. The number of ether oxygens (including phenoxy) is 2. The van der Waals surface area contributed by atoms with Crippen LogP contribution >= 0.6 is 0 Å². The molecule has 3 rings (SSSR count). The Morgan fingerprint density at radius 3 is 2.09 bits per heavy atom. The van der Waals surface area contributed by atoms with Gasteiger partial charge in [-0.15, -0.1) is 0 Å². The van der Waals surface area contributed by atoms with Crippen LogP contribution in [0.2, 0.25) is 0 Å². The Bertz CT molecular complexity index is 1020. The molecule has 0 saturated carbocycles. The highest BCUT2D eigenvalue weighted by Crippen LogP contribution is 2.35. The second-order valence-corrected chi connectivity index (χ2v) is 9.82. The van der Waals surface area contributed by atoms with Crippen molar-refractivity contribution < 1.29 is 23.9 Å². The van der Waals surface area contributed by atoms with Gasteiger partial charge >= 0.3 is 12.2 Å². The molecule has 1 aliphatic heterocycles. The van der Waals surface area contributed by atoms with Gasteiger partial charge in [0.25, 0.3) is 5.91 Å². The third kappa shape index (κ3) is 6.03. The van der Waals surface area contributed by atoms with Crippen molar-refractivity contribution in [2.45, 2.75) is 65.2 Å². The second kappa shape index (κ2) is 9.13. The predicted molar refractivity (Wildman–Crippen MR) is 125 cm³/mol. The highest BCUT2D eigenvalue weighted by molar-refractivity contribution is 6.07. The molecule has 2 aromatic carbocycles. The third-order valence-corrected chi connectivity index (χ3v) is 4.68. The maximum atomic E-state index is 13.8. The molecule has 0 bridgehead atoms. The lowest BCUT2D eigenvalue weighted by molar-refractivity contribution is -0.124. The Labute approximate surface area is 194 Å². The van der Waals surface area contributed by atoms with Gasteiger partial charge in [-0.05, 0) is 65.3 Å². The monoisotopic (exact) mass is 453 g/mol. The molecule has 1 atom stereocenters. The van der Waals surface area contributed by atoms with E-state index in [1.807, 2.05) is 54.6 Å². The first-order valence-electron chi connectivity index (χ1n) is 10.8. The molecular weight excluding hydrogens is 422 g/mol. The molecule has 176 valence electrons. The topological polar surface area (TPSA) is 88.2 Å². The highest BCUT2D eigenvalue weighted by atomic mass is 16.6. The van der Waals surface area contributed by atoms with E-state index in [-0.39, 0.29) is 12.3 Å². The van der Waals surface area contributed by atoms with Crippen molar-refractivity contribution in [3.8, 4) is 0 Å². The van der Waals surface area contributed by atoms with E-state index in [0.717, 1.165) is 16.3 Å². The fraction of sp³-hybridized carbons (Fsp3) is 0.400. The summed E-state index contributed by atoms with van der Waals surface area (Å²) in [7, 11) is 0. The lowest BCUT2D eigenvalue weighted by Gasteiger charge is -2.39. The molecule has 0 aromatic heterocycles. The van der Waals surface area contributed by atoms with Gasteiger partial charge < -0.3 is 9.47 Å². The van der Waals surface area contributed by atoms with Crippen LogP contribution in [0.5, 0.6) is 0 Å². The summed E-state index contributed by atoms with van der Waals surface area (Å²) in [5, 5.41) is 0.938. The van der Waals surface area contributed by atoms with Crippen LogP contribution in [0.25, 0.3) is 0 Å². The molecule has 0 radical (unpaired) electrons. The number of benzene rings is 2. The summed E-state index contributed by atoms with van der Waals surface area (Å²) >= 11 is 0. The zero-order valence-electron chi connectivity index (χ0n) is 19.9. The van der Waals surface area contributed by atoms with Gasteiger partial charge in [0.15, 0.2) is 0 Å². The van der Waals surface area contributed by atoms with Crippen LogP contribution in [0.3, 0.4) is 0 Å². The van der Waals surface area contributed by atoms with Crippen molar-refractivity contribution in [2.24, 2.45) is 0 Å². The number of para-hydroxylation sites is 2. The average Bonchev–Trinajstić information content (AvgIpc) is 2.70. The molecule has 1 unspecified atom stereocenters. The number of hydrogen-bond acceptors (Lipinski definition) is 5. The largest absolute Gasteiger partial charge is 0.443 e. The van der Waals surface area contributed by atoms with Gasteiger partial charge in [-0.2, -0.15) is 0 Å². The summed E-state index contributed by atoms with van der Waals surface area (Å²) in [4.78, 5) is 41.0. The number of carbonyl (C=O) groups is 3. The minimum Gasteiger partial charge on any atom is -0.443 e. The maximum Gasteiger partial charge on any atom is 0.430 e. The lowest BCUT2D eigenvalue weighted by atomic mass is 9.96. The summed E-state index contributed by atoms with van der Waals surface area (Å²) < 4.78 is 10.8. The Morgan fingerprint density at radius 1 is 0.909 bits per heavy atom. The normalized spacial score (nSPS) is 16.0. The SMILES string of the molecule is CC(C)(C)OC(=O)NN(C(=O)OC(C)(C)C)C1Cc2ccccc2N(c2ccccc2)C1=O. The first-order valence-corrected chi connectivity index (χ1v) is 10.8. The van der Waals surface area contributed by atoms with Crippen molar-refractivity contribution in [1.82, 2.24) is 10.4 Å². The van der Waals surface area contributed by atoms with Crippen molar-refractivity contribution in [2.75, 3.05) is 4.90 Å². The molecule has 1 N–H and O–H groups in total. The van der Waals surface area contributed by atoms with Gasteiger partial charge in [0.2, 0.25) is 0 Å². The number of nitrogens with one attached hydrogen (secondary N) is 1. The van der Waals surface area contributed by atoms with Crippen LogP contribution < -0.4 is 10.3 Å². The standard InChI is InChI=1S/C25H31N3O5/c1-24(2,3)32-22(30)26-28(23(31)33-25(4,5)6)20-16-17-12-10-11-15-19(17)27(21(20)29)18-13-8-7-9-14-18/h7-15,20H,16H2,1-6H3,(H,26,30). The van der Waals surface area contributed by atoms with E-state index in [2.05, 4.69) is 5.43 Å². The Balaban J connectivity index is 2.02. The molecular formula is C25H31N3O5. The highest BCUT2D eigenvalue weighted by Gasteiger charge is 2.42. The molecule has 1 heterocycles. The fourth-order valence-electron chi connectivity index (χ4n) is 3.47. The number of hydrazine groups is 1. The Morgan fingerprint density at radius 2 is 1.48 bits per heavy atom. The molecule has 0 aliphatic carbocycles. The van der Waals surface area contributed by atoms with Gasteiger partial charge in [-0.3, -0.25) is 9.69 Å². The summed E-state index contributed by atoms with van der Waals surface area (Å²) in [5.41, 5.74) is 3.06. The van der Waals surface area contributed by atoms with Crippen molar-refractivity contribution in [3.63, 3.8) is 0 Å². The molecule has 8 nitrogen and oxygen atoms in total. The van der Waals surface area contributed by atoms with E-state index < -0.39 is 29.4 Å². The van der Waals surface area contributed by atoms with Crippen LogP contribution in [-0.2, 0) is 20.7 Å². The first kappa shape index (κ1) is 24.1. The molecule has 33 heavy (non-hydrogen) atoms. The molecule has 0 fully saturated rings. The predicted octanol–water partition coefficient (Wildman–Crippen LogP) is 4.95. The van der Waals surface area contributed by atoms with E-state index in [1.54, 1.807) is 46.4 Å². The van der Waals surface area contributed by atoms with E-state index in [9.17, 15) is 14.4 Å². The first-order chi connectivity index (χ1) is 15.4. The number of nitrogens with zero attached hydrogens (tertiary/aromatic N) is 2. The van der Waals surface area contributed by atoms with Crippen molar-refractivity contribution >= 4 is 29.5 Å². The van der Waals surface area contributed by atoms with Crippen molar-refractivity contribution in [3.05, 3.63) is 60.2 Å². The molecule has 0 spiro atoms. The van der Waals surface area contributed by atoms with E-state index >= 15 is 0 Å². The maximum absolute atomic E-state index is 13.8. The van der Waals surface area contributed by atoms with Gasteiger partial charge in [0, 0.05) is 12.1 Å². The van der Waals surface area contributed by atoms with Crippen LogP contribution in [0, 0.1) is 0 Å². The quantitative estimate of drug-likeness (QED) is 0.650. The third-order valence-electron chi connectivity index (χ3n) is 4.68. The number of carbonyl (C=O) groups excluding carboxylic acids is 3. The van der Waals surface area contributed by atoms with Crippen LogP contribution in [0.15, 0.2) is 54.6 Å². The lowest BCUT2D eigenvalue weighted by Crippen LogP contribution is -2.61. The minimum atomic E-state index is -1.04. The molecule has 2 aromatic rings. The Hall–Kier alpha value is -3.55. The van der Waals surface area contributed by atoms with Gasteiger partial charge in [0.05, 0.1) is 5.69 Å². The van der Waals surface area contributed by atoms with Gasteiger partial charge in [-0.25, -0.2) is 20.0 Å². The number of anilines is 2. The number of rotatable bonds is 2. The Kier molecular flexibility index (Phi) is 6.67. The number of hydrogen-bond donors (Lipinski definition) is 1. The zero-order chi connectivity index (χ0) is 24.4. The van der Waals surface area contributed by atoms with E-state index in [4.69, 9.17) is 9.47 Å². The van der Waals surface area contributed by atoms with Crippen molar-refractivity contribution in [1.29, 1.82) is 0 Å². The van der Waals surface area contributed by atoms with Crippen LogP contribution in [-0.4, -0.2) is 40.3 Å². The zero-order valence-corrected chi connectivity index (χ0v) is 19.9. The van der Waals surface area contributed by atoms with E-state index in [0.29, 0.717) is 5.69 Å². The van der Waals surface area contributed by atoms with Gasteiger partial charge in [0.1, 0.15) is 17.2 Å². The smallest absolute Gasteiger partial charge is 0.430 e. The second-order valence-electron chi connectivity index (χ2n) is 9.82.